The minimum Gasteiger partial charge on any atom is -0.325 e. The van der Waals surface area contributed by atoms with Crippen LogP contribution in [0.15, 0.2) is 77.7 Å². The highest BCUT2D eigenvalue weighted by molar-refractivity contribution is 7.89. The molecule has 0 radical (unpaired) electrons. The molecule has 0 saturated carbocycles. The predicted octanol–water partition coefficient (Wildman–Crippen LogP) is 4.79. The predicted molar refractivity (Wildman–Crippen MR) is 120 cm³/mol. The summed E-state index contributed by atoms with van der Waals surface area (Å²) in [6.45, 7) is 3.52. The zero-order valence-corrected chi connectivity index (χ0v) is 18.4. The van der Waals surface area contributed by atoms with Crippen LogP contribution in [0.1, 0.15) is 16.7 Å². The molecule has 0 spiro atoms. The van der Waals surface area contributed by atoms with Crippen LogP contribution in [0.5, 0.6) is 0 Å². The van der Waals surface area contributed by atoms with Gasteiger partial charge in [0.15, 0.2) is 0 Å². The molecule has 0 heterocycles. The third kappa shape index (κ3) is 5.27. The van der Waals surface area contributed by atoms with Crippen molar-refractivity contribution in [2.24, 2.45) is 0 Å². The molecule has 0 aliphatic heterocycles. The molecule has 0 aromatic heterocycles. The molecule has 30 heavy (non-hydrogen) atoms. The molecule has 0 atom stereocenters. The van der Waals surface area contributed by atoms with E-state index in [0.29, 0.717) is 10.7 Å². The van der Waals surface area contributed by atoms with Crippen LogP contribution in [0, 0.1) is 13.8 Å². The van der Waals surface area contributed by atoms with E-state index in [1.165, 1.54) is 16.4 Å². The van der Waals surface area contributed by atoms with Crippen LogP contribution >= 0.6 is 11.6 Å². The lowest BCUT2D eigenvalue weighted by atomic mass is 10.1. The molecule has 0 saturated heterocycles. The number of hydrogen-bond acceptors (Lipinski definition) is 3. The average molecular weight is 443 g/mol. The van der Waals surface area contributed by atoms with E-state index in [1.807, 2.05) is 31.2 Å². The lowest BCUT2D eigenvalue weighted by molar-refractivity contribution is -0.116. The quantitative estimate of drug-likeness (QED) is 0.572. The largest absolute Gasteiger partial charge is 0.325 e. The van der Waals surface area contributed by atoms with Gasteiger partial charge in [-0.15, -0.1) is 0 Å². The van der Waals surface area contributed by atoms with Gasteiger partial charge in [-0.05, 0) is 49.2 Å². The Morgan fingerprint density at radius 2 is 1.60 bits per heavy atom. The second-order valence-corrected chi connectivity index (χ2v) is 9.38. The number of hydrogen-bond donors (Lipinski definition) is 1. The summed E-state index contributed by atoms with van der Waals surface area (Å²) in [5.41, 5.74) is 3.15. The Morgan fingerprint density at radius 1 is 0.933 bits per heavy atom. The topological polar surface area (TPSA) is 66.5 Å². The number of benzene rings is 3. The Labute approximate surface area is 182 Å². The van der Waals surface area contributed by atoms with E-state index < -0.39 is 15.9 Å². The van der Waals surface area contributed by atoms with Gasteiger partial charge in [0.2, 0.25) is 15.9 Å². The average Bonchev–Trinajstić information content (AvgIpc) is 2.73. The highest BCUT2D eigenvalue weighted by Gasteiger charge is 2.27. The van der Waals surface area contributed by atoms with Gasteiger partial charge in [0.05, 0.1) is 11.4 Å². The number of carbonyl (C=O) groups is 1. The first kappa shape index (κ1) is 22.0. The summed E-state index contributed by atoms with van der Waals surface area (Å²) in [7, 11) is -3.87. The van der Waals surface area contributed by atoms with Gasteiger partial charge in [-0.1, -0.05) is 65.7 Å². The second kappa shape index (κ2) is 9.43. The van der Waals surface area contributed by atoms with Gasteiger partial charge in [0.1, 0.15) is 0 Å². The van der Waals surface area contributed by atoms with Crippen LogP contribution in [0.3, 0.4) is 0 Å². The Hall–Kier alpha value is -2.67. The second-order valence-electron chi connectivity index (χ2n) is 7.03. The molecule has 0 unspecified atom stereocenters. The van der Waals surface area contributed by atoms with E-state index >= 15 is 0 Å². The van der Waals surface area contributed by atoms with E-state index in [9.17, 15) is 13.2 Å². The lowest BCUT2D eigenvalue weighted by Crippen LogP contribution is -2.37. The molecule has 3 rings (SSSR count). The number of rotatable bonds is 7. The summed E-state index contributed by atoms with van der Waals surface area (Å²) in [5, 5.41) is 3.30. The van der Waals surface area contributed by atoms with Gasteiger partial charge in [0.25, 0.3) is 0 Å². The molecule has 1 N–H and O–H groups in total. The number of amides is 1. The first-order valence-corrected chi connectivity index (χ1v) is 11.2. The Balaban J connectivity index is 1.87. The molecule has 0 aliphatic rings. The van der Waals surface area contributed by atoms with Crippen molar-refractivity contribution in [1.82, 2.24) is 4.31 Å². The summed E-state index contributed by atoms with van der Waals surface area (Å²) in [6.07, 6.45) is 0. The lowest BCUT2D eigenvalue weighted by Gasteiger charge is -2.22. The summed E-state index contributed by atoms with van der Waals surface area (Å²) in [5.74, 6) is -0.438. The normalized spacial score (nSPS) is 11.5. The van der Waals surface area contributed by atoms with E-state index in [-0.39, 0.29) is 18.0 Å². The minimum absolute atomic E-state index is 0.0828. The zero-order chi connectivity index (χ0) is 21.7. The minimum atomic E-state index is -3.87. The van der Waals surface area contributed by atoms with Crippen LogP contribution in [0.25, 0.3) is 0 Å². The van der Waals surface area contributed by atoms with Gasteiger partial charge < -0.3 is 5.32 Å². The van der Waals surface area contributed by atoms with Crippen molar-refractivity contribution in [1.29, 1.82) is 0 Å². The molecule has 3 aromatic rings. The van der Waals surface area contributed by atoms with Gasteiger partial charge in [0, 0.05) is 17.3 Å². The van der Waals surface area contributed by atoms with Crippen molar-refractivity contribution in [2.45, 2.75) is 25.3 Å². The standard InChI is InChI=1S/C23H23ClN2O3S/c1-17-11-13-19(14-12-17)15-26(30(28,29)20-7-4-3-5-8-20)16-23(27)25-22-10-6-9-21(24)18(22)2/h3-14H,15-16H2,1-2H3,(H,25,27). The van der Waals surface area contributed by atoms with Crippen LogP contribution in [0.2, 0.25) is 5.02 Å². The Morgan fingerprint density at radius 3 is 2.27 bits per heavy atom. The van der Waals surface area contributed by atoms with Gasteiger partial charge in [-0.3, -0.25) is 4.79 Å². The van der Waals surface area contributed by atoms with Crippen LogP contribution < -0.4 is 5.32 Å². The molecule has 156 valence electrons. The van der Waals surface area contributed by atoms with Crippen molar-refractivity contribution in [3.63, 3.8) is 0 Å². The summed E-state index contributed by atoms with van der Waals surface area (Å²) in [6, 6.07) is 20.9. The van der Waals surface area contributed by atoms with Crippen molar-refractivity contribution >= 4 is 33.2 Å². The van der Waals surface area contributed by atoms with Crippen molar-refractivity contribution in [3.05, 3.63) is 94.5 Å². The molecule has 0 bridgehead atoms. The number of carbonyl (C=O) groups excluding carboxylic acids is 1. The fourth-order valence-corrected chi connectivity index (χ4v) is 4.54. The van der Waals surface area contributed by atoms with Gasteiger partial charge in [-0.2, -0.15) is 4.31 Å². The highest BCUT2D eigenvalue weighted by Crippen LogP contribution is 2.23. The molecular formula is C23H23ClN2O3S. The van der Waals surface area contributed by atoms with Crippen LogP contribution in [0.4, 0.5) is 5.69 Å². The first-order valence-electron chi connectivity index (χ1n) is 9.43. The Kier molecular flexibility index (Phi) is 6.92. The maximum Gasteiger partial charge on any atom is 0.243 e. The number of nitrogens with zero attached hydrogens (tertiary/aromatic N) is 1. The molecule has 0 aliphatic carbocycles. The third-order valence-electron chi connectivity index (χ3n) is 4.72. The van der Waals surface area contributed by atoms with Gasteiger partial charge in [-0.25, -0.2) is 8.42 Å². The molecule has 1 amide bonds. The molecule has 3 aromatic carbocycles. The molecule has 5 nitrogen and oxygen atoms in total. The number of halogens is 1. The van der Waals surface area contributed by atoms with E-state index in [0.717, 1.165) is 16.7 Å². The van der Waals surface area contributed by atoms with Gasteiger partial charge >= 0.3 is 0 Å². The summed E-state index contributed by atoms with van der Waals surface area (Å²) in [4.78, 5) is 12.9. The number of nitrogens with one attached hydrogen (secondary N) is 1. The zero-order valence-electron chi connectivity index (χ0n) is 16.8. The molecule has 0 fully saturated rings. The first-order chi connectivity index (χ1) is 14.3. The number of aryl methyl sites for hydroxylation is 1. The monoisotopic (exact) mass is 442 g/mol. The van der Waals surface area contributed by atoms with Crippen molar-refractivity contribution in [2.75, 3.05) is 11.9 Å². The van der Waals surface area contributed by atoms with E-state index in [4.69, 9.17) is 11.6 Å². The fourth-order valence-electron chi connectivity index (χ4n) is 2.96. The summed E-state index contributed by atoms with van der Waals surface area (Å²) >= 11 is 6.12. The summed E-state index contributed by atoms with van der Waals surface area (Å²) < 4.78 is 27.7. The SMILES string of the molecule is Cc1ccc(CN(CC(=O)Nc2cccc(Cl)c2C)S(=O)(=O)c2ccccc2)cc1. The number of sulfonamides is 1. The van der Waals surface area contributed by atoms with Crippen molar-refractivity contribution < 1.29 is 13.2 Å². The maximum absolute atomic E-state index is 13.2. The molecular weight excluding hydrogens is 420 g/mol. The van der Waals surface area contributed by atoms with Crippen LogP contribution in [-0.2, 0) is 21.4 Å². The number of anilines is 1. The molecule has 7 heteroatoms. The highest BCUT2D eigenvalue weighted by atomic mass is 35.5. The maximum atomic E-state index is 13.2. The fraction of sp³-hybridized carbons (Fsp3) is 0.174. The third-order valence-corrected chi connectivity index (χ3v) is 6.94. The van der Waals surface area contributed by atoms with E-state index in [2.05, 4.69) is 5.32 Å². The van der Waals surface area contributed by atoms with Crippen LogP contribution in [-0.4, -0.2) is 25.2 Å². The van der Waals surface area contributed by atoms with E-state index in [1.54, 1.807) is 43.3 Å². The van der Waals surface area contributed by atoms with Crippen molar-refractivity contribution in [3.8, 4) is 0 Å². The smallest absolute Gasteiger partial charge is 0.243 e. The Bertz CT molecular complexity index is 1130.